The van der Waals surface area contributed by atoms with E-state index in [1.807, 2.05) is 13.0 Å². The second kappa shape index (κ2) is 9.04. The van der Waals surface area contributed by atoms with Crippen LogP contribution in [0.2, 0.25) is 0 Å². The Labute approximate surface area is 194 Å². The minimum absolute atomic E-state index is 0.186. The van der Waals surface area contributed by atoms with Gasteiger partial charge in [0.1, 0.15) is 17.7 Å². The highest BCUT2D eigenvalue weighted by Gasteiger charge is 2.41. The Hall–Kier alpha value is -2.49. The number of piperazine rings is 1. The number of ether oxygens (including phenoxy) is 2. The molecule has 0 radical (unpaired) electrons. The Morgan fingerprint density at radius 1 is 1.21 bits per heavy atom. The quantitative estimate of drug-likeness (QED) is 0.613. The molecular weight excluding hydrogens is 423 g/mol. The van der Waals surface area contributed by atoms with Gasteiger partial charge in [0.05, 0.1) is 17.8 Å². The Kier molecular flexibility index (Phi) is 6.11. The number of aromatic nitrogens is 2. The second-order valence-corrected chi connectivity index (χ2v) is 9.66. The van der Waals surface area contributed by atoms with E-state index >= 15 is 0 Å². The van der Waals surface area contributed by atoms with Crippen LogP contribution in [-0.2, 0) is 4.74 Å². The molecule has 1 aromatic heterocycles. The molecular formula is C24H33FN6O2. The Balaban J connectivity index is 1.27. The van der Waals surface area contributed by atoms with E-state index in [4.69, 9.17) is 20.9 Å². The van der Waals surface area contributed by atoms with Crippen LogP contribution in [0.4, 0.5) is 15.9 Å². The van der Waals surface area contributed by atoms with Crippen LogP contribution < -0.4 is 21.1 Å². The molecule has 3 heterocycles. The smallest absolute Gasteiger partial charge is 0.167 e. The lowest BCUT2D eigenvalue weighted by Gasteiger charge is -2.36. The molecule has 0 amide bonds. The molecule has 2 atom stereocenters. The third-order valence-corrected chi connectivity index (χ3v) is 6.96. The molecule has 1 aliphatic carbocycles. The average molecular weight is 457 g/mol. The van der Waals surface area contributed by atoms with Crippen LogP contribution in [0.1, 0.15) is 49.9 Å². The van der Waals surface area contributed by atoms with Gasteiger partial charge in [0.15, 0.2) is 11.6 Å². The van der Waals surface area contributed by atoms with Gasteiger partial charge >= 0.3 is 0 Å². The van der Waals surface area contributed by atoms with E-state index in [0.717, 1.165) is 64.4 Å². The van der Waals surface area contributed by atoms with Crippen LogP contribution in [0.3, 0.4) is 0 Å². The number of anilines is 2. The van der Waals surface area contributed by atoms with E-state index in [0.29, 0.717) is 17.4 Å². The van der Waals surface area contributed by atoms with Gasteiger partial charge in [-0.2, -0.15) is 0 Å². The first-order valence-corrected chi connectivity index (χ1v) is 11.8. The minimum atomic E-state index is -0.609. The largest absolute Gasteiger partial charge is 0.484 e. The Morgan fingerprint density at radius 2 is 2.00 bits per heavy atom. The van der Waals surface area contributed by atoms with Gasteiger partial charge in [-0.15, -0.1) is 0 Å². The molecule has 33 heavy (non-hydrogen) atoms. The van der Waals surface area contributed by atoms with E-state index in [9.17, 15) is 4.39 Å². The summed E-state index contributed by atoms with van der Waals surface area (Å²) in [6.45, 7) is 7.56. The third kappa shape index (κ3) is 5.05. The molecule has 1 saturated carbocycles. The van der Waals surface area contributed by atoms with Gasteiger partial charge in [-0.1, -0.05) is 0 Å². The van der Waals surface area contributed by atoms with E-state index in [1.54, 1.807) is 6.07 Å². The first-order valence-electron chi connectivity index (χ1n) is 11.8. The molecule has 2 aliphatic heterocycles. The van der Waals surface area contributed by atoms with E-state index in [2.05, 4.69) is 19.8 Å². The summed E-state index contributed by atoms with van der Waals surface area (Å²) < 4.78 is 26.1. The Bertz CT molecular complexity index is 987. The molecule has 1 unspecified atom stereocenters. The van der Waals surface area contributed by atoms with E-state index < -0.39 is 11.9 Å². The van der Waals surface area contributed by atoms with Crippen LogP contribution in [0, 0.1) is 5.82 Å². The first-order chi connectivity index (χ1) is 15.9. The summed E-state index contributed by atoms with van der Waals surface area (Å²) >= 11 is 0. The zero-order valence-electron chi connectivity index (χ0n) is 19.2. The summed E-state index contributed by atoms with van der Waals surface area (Å²) in [5.74, 6) is 0.557. The van der Waals surface area contributed by atoms with E-state index in [-0.39, 0.29) is 17.0 Å². The van der Waals surface area contributed by atoms with Crippen LogP contribution >= 0.6 is 0 Å². The van der Waals surface area contributed by atoms with Gasteiger partial charge in [-0.3, -0.25) is 4.90 Å². The summed E-state index contributed by atoms with van der Waals surface area (Å²) in [5.41, 5.74) is 13.9. The fourth-order valence-corrected chi connectivity index (χ4v) is 4.58. The van der Waals surface area contributed by atoms with Crippen molar-refractivity contribution >= 4 is 11.5 Å². The van der Waals surface area contributed by atoms with Crippen molar-refractivity contribution < 1.29 is 13.9 Å². The lowest BCUT2D eigenvalue weighted by atomic mass is 10.0. The first kappa shape index (κ1) is 22.3. The maximum atomic E-state index is 14.4. The maximum absolute atomic E-state index is 14.4. The molecule has 0 spiro atoms. The van der Waals surface area contributed by atoms with Crippen LogP contribution in [0.25, 0.3) is 0 Å². The SMILES string of the molecule is CC1(Oc2cc([C@@H](N)c3cc(N4CCN(CC5CCCO5)CC4)ncn3)c(N)cc2F)CC1. The summed E-state index contributed by atoms with van der Waals surface area (Å²) in [7, 11) is 0. The monoisotopic (exact) mass is 456 g/mol. The fraction of sp³-hybridized carbons (Fsp3) is 0.583. The predicted octanol–water partition coefficient (Wildman–Crippen LogP) is 2.48. The Morgan fingerprint density at radius 3 is 2.70 bits per heavy atom. The van der Waals surface area contributed by atoms with Crippen molar-refractivity contribution in [3.8, 4) is 5.75 Å². The average Bonchev–Trinajstić information content (AvgIpc) is 3.31. The molecule has 1 aromatic carbocycles. The number of nitrogens with zero attached hydrogens (tertiary/aromatic N) is 4. The van der Waals surface area contributed by atoms with Gasteiger partial charge in [0, 0.05) is 62.7 Å². The molecule has 3 aliphatic rings. The highest BCUT2D eigenvalue weighted by Crippen LogP contribution is 2.41. The summed E-state index contributed by atoms with van der Waals surface area (Å²) in [5, 5.41) is 0. The predicted molar refractivity (Wildman–Crippen MR) is 125 cm³/mol. The molecule has 8 nitrogen and oxygen atoms in total. The molecule has 178 valence electrons. The van der Waals surface area contributed by atoms with Gasteiger partial charge in [-0.25, -0.2) is 14.4 Å². The van der Waals surface area contributed by atoms with Crippen LogP contribution in [0.15, 0.2) is 24.5 Å². The summed E-state index contributed by atoms with van der Waals surface area (Å²) in [6.07, 6.45) is 6.05. The molecule has 3 fully saturated rings. The zero-order chi connectivity index (χ0) is 23.0. The topological polar surface area (TPSA) is 103 Å². The zero-order valence-corrected chi connectivity index (χ0v) is 19.2. The maximum Gasteiger partial charge on any atom is 0.167 e. The van der Waals surface area contributed by atoms with Gasteiger partial charge < -0.3 is 25.8 Å². The van der Waals surface area contributed by atoms with Crippen LogP contribution in [-0.4, -0.2) is 65.9 Å². The lowest BCUT2D eigenvalue weighted by Crippen LogP contribution is -2.48. The molecule has 4 N–H and O–H groups in total. The van der Waals surface area contributed by atoms with Crippen molar-refractivity contribution in [2.24, 2.45) is 5.73 Å². The number of hydrogen-bond donors (Lipinski definition) is 2. The number of benzene rings is 1. The highest BCUT2D eigenvalue weighted by atomic mass is 19.1. The van der Waals surface area contributed by atoms with Crippen LogP contribution in [0.5, 0.6) is 5.75 Å². The number of halogens is 1. The third-order valence-electron chi connectivity index (χ3n) is 6.96. The number of nitrogens with two attached hydrogens (primary N) is 2. The van der Waals surface area contributed by atoms with Crippen molar-refractivity contribution in [3.05, 3.63) is 41.6 Å². The van der Waals surface area contributed by atoms with Crippen molar-refractivity contribution in [2.75, 3.05) is 50.0 Å². The number of hydrogen-bond acceptors (Lipinski definition) is 8. The van der Waals surface area contributed by atoms with Crippen molar-refractivity contribution in [1.82, 2.24) is 14.9 Å². The minimum Gasteiger partial charge on any atom is -0.484 e. The number of rotatable bonds is 7. The van der Waals surface area contributed by atoms with Gasteiger partial charge in [-0.05, 0) is 38.7 Å². The molecule has 2 saturated heterocycles. The standard InChI is InChI=1S/C24H33FN6O2/c1-24(4-5-24)33-21-11-17(19(26)12-18(21)25)23(27)20-13-22(29-15-28-20)31-8-6-30(7-9-31)14-16-3-2-10-32-16/h11-13,15-16,23H,2-10,14,26-27H2,1H3/t16?,23-/m1/s1. The van der Waals surface area contributed by atoms with Crippen molar-refractivity contribution in [3.63, 3.8) is 0 Å². The summed E-state index contributed by atoms with van der Waals surface area (Å²) in [6, 6.07) is 4.20. The van der Waals surface area contributed by atoms with Crippen molar-refractivity contribution in [1.29, 1.82) is 0 Å². The molecule has 2 aromatic rings. The van der Waals surface area contributed by atoms with Gasteiger partial charge in [0.2, 0.25) is 0 Å². The van der Waals surface area contributed by atoms with E-state index in [1.165, 1.54) is 18.8 Å². The number of nitrogen functional groups attached to an aromatic ring is 1. The molecule has 9 heteroatoms. The second-order valence-electron chi connectivity index (χ2n) is 9.66. The summed E-state index contributed by atoms with van der Waals surface area (Å²) in [4.78, 5) is 13.6. The lowest BCUT2D eigenvalue weighted by molar-refractivity contribution is 0.0712. The van der Waals surface area contributed by atoms with Gasteiger partial charge in [0.25, 0.3) is 0 Å². The fourth-order valence-electron chi connectivity index (χ4n) is 4.58. The normalized spacial score (nSPS) is 23.5. The molecule has 5 rings (SSSR count). The van der Waals surface area contributed by atoms with Crippen molar-refractivity contribution in [2.45, 2.75) is 50.4 Å². The highest BCUT2D eigenvalue weighted by molar-refractivity contribution is 5.55. The molecule has 0 bridgehead atoms.